The number of pyridine rings is 2. The second-order valence-electron chi connectivity index (χ2n) is 16.6. The molecule has 0 bridgehead atoms. The normalized spacial score (nSPS) is 27.5. The van der Waals surface area contributed by atoms with E-state index in [0.717, 1.165) is 11.8 Å². The summed E-state index contributed by atoms with van der Waals surface area (Å²) in [5.41, 5.74) is -0.543. The molecule has 1 aromatic carbocycles. The van der Waals surface area contributed by atoms with Crippen LogP contribution in [0.4, 0.5) is 4.79 Å². The van der Waals surface area contributed by atoms with Gasteiger partial charge in [0.1, 0.15) is 35.2 Å². The SMILES string of the molecule is COc1ccc2c(O[C@@H]3C[C@H]4C(=O)N[C@]5(C(=O)NS(=O)(=O)C6CC6)C[C@H]5C=CCC[C@@H](C)C[C@@H](C)[C@H](NC(=O)O)C(=O)N4C3)nc(-c3ccc(OC(C)C)cn3)cc2c1. The van der Waals surface area contributed by atoms with Crippen LogP contribution in [-0.4, -0.2) is 101 Å². The van der Waals surface area contributed by atoms with Crippen molar-refractivity contribution in [2.24, 2.45) is 17.8 Å². The lowest BCUT2D eigenvalue weighted by Crippen LogP contribution is -2.59. The molecule has 0 unspecified atom stereocenters. The number of ether oxygens (including phenoxy) is 3. The minimum absolute atomic E-state index is 0.0379. The number of nitrogens with one attached hydrogen (secondary N) is 3. The second kappa shape index (κ2) is 16.7. The first-order valence-corrected chi connectivity index (χ1v) is 21.7. The summed E-state index contributed by atoms with van der Waals surface area (Å²) in [6, 6.07) is 8.43. The molecule has 3 aromatic rings. The Labute approximate surface area is 343 Å². The van der Waals surface area contributed by atoms with Crippen molar-refractivity contribution in [3.05, 3.63) is 54.7 Å². The average Bonchev–Trinajstić information content (AvgIpc) is 4.11. The number of hydrogen-bond donors (Lipinski definition) is 4. The molecular formula is C42H52N6O10S. The van der Waals surface area contributed by atoms with Crippen LogP contribution in [0.5, 0.6) is 17.4 Å². The van der Waals surface area contributed by atoms with Gasteiger partial charge >= 0.3 is 6.09 Å². The number of rotatable bonds is 10. The number of carbonyl (C=O) groups excluding carboxylic acids is 3. The largest absolute Gasteiger partial charge is 0.497 e. The molecule has 4 amide bonds. The van der Waals surface area contributed by atoms with Crippen molar-refractivity contribution in [2.75, 3.05) is 13.7 Å². The molecule has 0 radical (unpaired) electrons. The molecule has 7 rings (SSSR count). The Balaban J connectivity index is 1.24. The number of aromatic nitrogens is 2. The molecule has 2 saturated carbocycles. The molecule has 2 aliphatic heterocycles. The van der Waals surface area contributed by atoms with Gasteiger partial charge < -0.3 is 34.9 Å². The van der Waals surface area contributed by atoms with Crippen LogP contribution in [0.2, 0.25) is 0 Å². The zero-order valence-corrected chi connectivity index (χ0v) is 34.7. The first-order chi connectivity index (χ1) is 28.1. The van der Waals surface area contributed by atoms with Crippen molar-refractivity contribution < 1.29 is 46.9 Å². The molecule has 17 heteroatoms. The summed E-state index contributed by atoms with van der Waals surface area (Å²) >= 11 is 0. The maximum Gasteiger partial charge on any atom is 0.405 e. The summed E-state index contributed by atoms with van der Waals surface area (Å²) in [5, 5.41) is 15.8. The molecule has 2 aliphatic carbocycles. The molecule has 4 aliphatic rings. The number of carbonyl (C=O) groups is 4. The van der Waals surface area contributed by atoms with Crippen LogP contribution in [0.1, 0.15) is 72.6 Å². The van der Waals surface area contributed by atoms with E-state index in [1.165, 1.54) is 4.90 Å². The third kappa shape index (κ3) is 9.24. The maximum absolute atomic E-state index is 14.6. The zero-order valence-electron chi connectivity index (χ0n) is 33.8. The van der Waals surface area contributed by atoms with E-state index in [2.05, 4.69) is 20.3 Å². The second-order valence-corrected chi connectivity index (χ2v) is 18.6. The van der Waals surface area contributed by atoms with E-state index in [4.69, 9.17) is 19.2 Å². The van der Waals surface area contributed by atoms with Crippen LogP contribution in [-0.2, 0) is 24.4 Å². The number of amides is 4. The van der Waals surface area contributed by atoms with Gasteiger partial charge in [0, 0.05) is 17.7 Å². The highest BCUT2D eigenvalue weighted by Gasteiger charge is 2.62. The molecule has 59 heavy (non-hydrogen) atoms. The van der Waals surface area contributed by atoms with Gasteiger partial charge in [-0.05, 0) is 106 Å². The fraction of sp³-hybridized carbons (Fsp3) is 0.524. The Morgan fingerprint density at radius 2 is 1.80 bits per heavy atom. The first-order valence-electron chi connectivity index (χ1n) is 20.2. The highest BCUT2D eigenvalue weighted by Crippen LogP contribution is 2.46. The van der Waals surface area contributed by atoms with E-state index < -0.39 is 74.7 Å². The van der Waals surface area contributed by atoms with E-state index in [-0.39, 0.29) is 37.3 Å². The van der Waals surface area contributed by atoms with Gasteiger partial charge in [-0.3, -0.25) is 24.1 Å². The number of carboxylic acid groups (broad SMARTS) is 1. The highest BCUT2D eigenvalue weighted by atomic mass is 32.2. The number of benzene rings is 1. The van der Waals surface area contributed by atoms with Gasteiger partial charge in [0.15, 0.2) is 0 Å². The minimum atomic E-state index is -3.93. The van der Waals surface area contributed by atoms with Crippen molar-refractivity contribution >= 4 is 44.6 Å². The van der Waals surface area contributed by atoms with Crippen molar-refractivity contribution in [1.29, 1.82) is 0 Å². The number of allylic oxidation sites excluding steroid dienone is 1. The van der Waals surface area contributed by atoms with Gasteiger partial charge in [-0.15, -0.1) is 0 Å². The molecule has 4 heterocycles. The summed E-state index contributed by atoms with van der Waals surface area (Å²) in [5.74, 6) is -1.54. The molecule has 4 N–H and O–H groups in total. The number of sulfonamides is 1. The van der Waals surface area contributed by atoms with E-state index in [9.17, 15) is 32.7 Å². The standard InChI is InChI=1S/C42H52N6O10S/c1-23(2)57-29-11-15-33(43-21-29)34-18-26-17-28(56-5)10-14-32(26)38(44-34)58-30-19-35-37(49)46-42(40(51)47-59(54,55)31-12-13-31)20-27(42)9-7-6-8-24(3)16-25(4)36(45-41(52)53)39(50)48(35)22-30/h7,9-11,14-15,17-18,21,23-25,27,30-31,35-36,45H,6,8,12-13,16,19-20,22H2,1-5H3,(H,46,49)(H,47,51)(H,52,53)/t24-,25-,27-,30-,35+,36+,42-/m1/s1. The maximum atomic E-state index is 14.6. The monoisotopic (exact) mass is 832 g/mol. The fourth-order valence-electron chi connectivity index (χ4n) is 8.21. The summed E-state index contributed by atoms with van der Waals surface area (Å²) < 4.78 is 45.9. The van der Waals surface area contributed by atoms with E-state index in [1.807, 2.05) is 52.0 Å². The summed E-state index contributed by atoms with van der Waals surface area (Å²) in [7, 11) is -2.37. The fourth-order valence-corrected chi connectivity index (χ4v) is 9.58. The summed E-state index contributed by atoms with van der Waals surface area (Å²) in [4.78, 5) is 65.8. The zero-order chi connectivity index (χ0) is 42.2. The lowest BCUT2D eigenvalue weighted by molar-refractivity contribution is -0.142. The lowest BCUT2D eigenvalue weighted by Gasteiger charge is -2.32. The Morgan fingerprint density at radius 1 is 1.03 bits per heavy atom. The van der Waals surface area contributed by atoms with Crippen molar-refractivity contribution in [3.63, 3.8) is 0 Å². The Morgan fingerprint density at radius 3 is 2.47 bits per heavy atom. The Kier molecular flexibility index (Phi) is 11.8. The Bertz CT molecular complexity index is 2250. The van der Waals surface area contributed by atoms with Gasteiger partial charge in [0.25, 0.3) is 5.91 Å². The van der Waals surface area contributed by atoms with E-state index in [0.29, 0.717) is 54.0 Å². The predicted octanol–water partition coefficient (Wildman–Crippen LogP) is 4.57. The van der Waals surface area contributed by atoms with E-state index in [1.54, 1.807) is 37.6 Å². The predicted molar refractivity (Wildman–Crippen MR) is 217 cm³/mol. The van der Waals surface area contributed by atoms with E-state index >= 15 is 0 Å². The third-order valence-electron chi connectivity index (χ3n) is 11.5. The van der Waals surface area contributed by atoms with Crippen LogP contribution < -0.4 is 29.6 Å². The van der Waals surface area contributed by atoms with Gasteiger partial charge in [-0.25, -0.2) is 18.2 Å². The third-order valence-corrected chi connectivity index (χ3v) is 13.4. The first kappa shape index (κ1) is 41.7. The quantitative estimate of drug-likeness (QED) is 0.207. The van der Waals surface area contributed by atoms with Gasteiger partial charge in [-0.2, -0.15) is 0 Å². The molecular weight excluding hydrogens is 781 g/mol. The average molecular weight is 833 g/mol. The minimum Gasteiger partial charge on any atom is -0.497 e. The van der Waals surface area contributed by atoms with Gasteiger partial charge in [0.05, 0.1) is 42.6 Å². The molecule has 3 fully saturated rings. The lowest BCUT2D eigenvalue weighted by atomic mass is 9.88. The van der Waals surface area contributed by atoms with Crippen LogP contribution in [0.3, 0.4) is 0 Å². The molecule has 16 nitrogen and oxygen atoms in total. The number of hydrogen-bond acceptors (Lipinski definition) is 11. The van der Waals surface area contributed by atoms with Crippen LogP contribution >= 0.6 is 0 Å². The Hall–Kier alpha value is -5.45. The van der Waals surface area contributed by atoms with Crippen LogP contribution in [0.25, 0.3) is 22.2 Å². The highest BCUT2D eigenvalue weighted by molar-refractivity contribution is 7.91. The molecule has 0 spiro atoms. The van der Waals surface area contributed by atoms with Crippen molar-refractivity contribution in [2.45, 2.75) is 108 Å². The molecule has 7 atom stereocenters. The summed E-state index contributed by atoms with van der Waals surface area (Å²) in [6.45, 7) is 7.56. The number of fused-ring (bicyclic) bond motifs is 3. The summed E-state index contributed by atoms with van der Waals surface area (Å²) in [6.07, 6.45) is 6.05. The topological polar surface area (TPSA) is 215 Å². The number of nitrogens with zero attached hydrogens (tertiary/aromatic N) is 3. The smallest absolute Gasteiger partial charge is 0.405 e. The molecule has 2 aromatic heterocycles. The molecule has 1 saturated heterocycles. The number of methoxy groups -OCH3 is 1. The molecule has 316 valence electrons. The van der Waals surface area contributed by atoms with Crippen molar-refractivity contribution in [3.8, 4) is 28.8 Å². The van der Waals surface area contributed by atoms with Gasteiger partial charge in [-0.1, -0.05) is 26.0 Å². The van der Waals surface area contributed by atoms with Crippen molar-refractivity contribution in [1.82, 2.24) is 30.2 Å². The van der Waals surface area contributed by atoms with Gasteiger partial charge in [0.2, 0.25) is 27.7 Å². The van der Waals surface area contributed by atoms with Crippen LogP contribution in [0.15, 0.2) is 54.7 Å². The van der Waals surface area contributed by atoms with Crippen LogP contribution in [0, 0.1) is 17.8 Å².